The quantitative estimate of drug-likeness (QED) is 0.910. The number of rotatable bonds is 2. The Kier molecular flexibility index (Phi) is 3.52. The highest BCUT2D eigenvalue weighted by molar-refractivity contribution is 5.76. The maximum Gasteiger partial charge on any atom is 0.124 e. The minimum atomic E-state index is 0.0550. The van der Waals surface area contributed by atoms with E-state index in [-0.39, 0.29) is 5.54 Å². The first-order valence-corrected chi connectivity index (χ1v) is 7.45. The van der Waals surface area contributed by atoms with Crippen LogP contribution in [0.15, 0.2) is 24.3 Å². The first-order valence-electron chi connectivity index (χ1n) is 7.45. The topological polar surface area (TPSA) is 33.1 Å². The molecule has 0 atom stereocenters. The number of nitrogens with zero attached hydrogens (tertiary/aromatic N) is 3. The van der Waals surface area contributed by atoms with Crippen molar-refractivity contribution in [3.05, 3.63) is 30.1 Å². The van der Waals surface area contributed by atoms with Crippen LogP contribution >= 0.6 is 0 Å². The van der Waals surface area contributed by atoms with Crippen LogP contribution in [-0.4, -0.2) is 40.6 Å². The normalized spacial score (nSPS) is 17.8. The summed E-state index contributed by atoms with van der Waals surface area (Å²) in [4.78, 5) is 7.36. The van der Waals surface area contributed by atoms with Gasteiger partial charge in [0.2, 0.25) is 0 Å². The highest BCUT2D eigenvalue weighted by Gasteiger charge is 2.23. The molecule has 2 heterocycles. The van der Waals surface area contributed by atoms with E-state index >= 15 is 0 Å². The van der Waals surface area contributed by atoms with Crippen molar-refractivity contribution in [1.82, 2.24) is 19.8 Å². The second kappa shape index (κ2) is 5.19. The van der Waals surface area contributed by atoms with Gasteiger partial charge in [-0.15, -0.1) is 0 Å². The fraction of sp³-hybridized carbons (Fsp3) is 0.562. The van der Waals surface area contributed by atoms with Crippen LogP contribution in [0.3, 0.4) is 0 Å². The lowest BCUT2D eigenvalue weighted by Gasteiger charge is -2.30. The molecular formula is C16H24N4. The first kappa shape index (κ1) is 13.6. The van der Waals surface area contributed by atoms with Gasteiger partial charge in [0.25, 0.3) is 0 Å². The van der Waals surface area contributed by atoms with E-state index in [9.17, 15) is 0 Å². The van der Waals surface area contributed by atoms with Gasteiger partial charge in [0.05, 0.1) is 17.6 Å². The molecule has 0 aliphatic carbocycles. The van der Waals surface area contributed by atoms with E-state index in [1.54, 1.807) is 0 Å². The van der Waals surface area contributed by atoms with Crippen LogP contribution in [0.4, 0.5) is 0 Å². The van der Waals surface area contributed by atoms with Crippen molar-refractivity contribution in [1.29, 1.82) is 0 Å². The maximum atomic E-state index is 4.87. The zero-order valence-corrected chi connectivity index (χ0v) is 12.7. The third-order valence-corrected chi connectivity index (χ3v) is 3.88. The molecule has 1 aliphatic heterocycles. The Morgan fingerprint density at radius 3 is 2.55 bits per heavy atom. The standard InChI is InChI=1S/C16H24N4/c1-16(2,3)20-14-7-5-4-6-13(14)18-15(20)12-19-10-8-17-9-11-19/h4-7,17H,8-12H2,1-3H3. The van der Waals surface area contributed by atoms with Crippen LogP contribution in [0.5, 0.6) is 0 Å². The monoisotopic (exact) mass is 272 g/mol. The number of fused-ring (bicyclic) bond motifs is 1. The van der Waals surface area contributed by atoms with E-state index in [0.717, 1.165) is 38.2 Å². The summed E-state index contributed by atoms with van der Waals surface area (Å²) in [6.07, 6.45) is 0. The SMILES string of the molecule is CC(C)(C)n1c(CN2CCNCC2)nc2ccccc21. The molecule has 2 aromatic rings. The number of hydrogen-bond donors (Lipinski definition) is 1. The fourth-order valence-corrected chi connectivity index (χ4v) is 3.00. The number of hydrogen-bond acceptors (Lipinski definition) is 3. The summed E-state index contributed by atoms with van der Waals surface area (Å²) in [5.41, 5.74) is 2.40. The molecule has 1 fully saturated rings. The molecule has 1 aliphatic rings. The second-order valence-corrected chi connectivity index (χ2v) is 6.55. The average molecular weight is 272 g/mol. The summed E-state index contributed by atoms with van der Waals surface area (Å²) in [5.74, 6) is 1.18. The lowest BCUT2D eigenvalue weighted by Crippen LogP contribution is -2.43. The lowest BCUT2D eigenvalue weighted by atomic mass is 10.1. The van der Waals surface area contributed by atoms with Crippen molar-refractivity contribution in [3.63, 3.8) is 0 Å². The van der Waals surface area contributed by atoms with Gasteiger partial charge in [0.15, 0.2) is 0 Å². The Hall–Kier alpha value is -1.39. The van der Waals surface area contributed by atoms with Crippen LogP contribution in [0, 0.1) is 0 Å². The van der Waals surface area contributed by atoms with Gasteiger partial charge < -0.3 is 9.88 Å². The Balaban J connectivity index is 2.00. The van der Waals surface area contributed by atoms with Gasteiger partial charge in [0.1, 0.15) is 5.82 Å². The zero-order valence-electron chi connectivity index (χ0n) is 12.7. The third kappa shape index (κ3) is 2.58. The van der Waals surface area contributed by atoms with Gasteiger partial charge in [0, 0.05) is 31.7 Å². The van der Waals surface area contributed by atoms with Gasteiger partial charge >= 0.3 is 0 Å². The Morgan fingerprint density at radius 2 is 1.85 bits per heavy atom. The molecule has 0 amide bonds. The number of benzene rings is 1. The highest BCUT2D eigenvalue weighted by atomic mass is 15.2. The third-order valence-electron chi connectivity index (χ3n) is 3.88. The predicted octanol–water partition coefficient (Wildman–Crippen LogP) is 2.20. The summed E-state index contributed by atoms with van der Waals surface area (Å²) in [5, 5.41) is 3.40. The van der Waals surface area contributed by atoms with Gasteiger partial charge in [-0.2, -0.15) is 0 Å². The van der Waals surface area contributed by atoms with Crippen molar-refractivity contribution in [2.24, 2.45) is 0 Å². The van der Waals surface area contributed by atoms with E-state index in [1.165, 1.54) is 11.3 Å². The molecule has 0 spiro atoms. The first-order chi connectivity index (χ1) is 9.55. The molecular weight excluding hydrogens is 248 g/mol. The van der Waals surface area contributed by atoms with Crippen LogP contribution in [-0.2, 0) is 12.1 Å². The number of imidazole rings is 1. The summed E-state index contributed by atoms with van der Waals surface area (Å²) in [6, 6.07) is 8.45. The van der Waals surface area contributed by atoms with Gasteiger partial charge in [-0.1, -0.05) is 12.1 Å². The van der Waals surface area contributed by atoms with Gasteiger partial charge in [-0.25, -0.2) is 4.98 Å². The largest absolute Gasteiger partial charge is 0.322 e. The molecule has 108 valence electrons. The minimum Gasteiger partial charge on any atom is -0.322 e. The van der Waals surface area contributed by atoms with Crippen LogP contribution in [0.25, 0.3) is 11.0 Å². The Labute approximate surface area is 120 Å². The molecule has 1 aromatic carbocycles. The summed E-state index contributed by atoms with van der Waals surface area (Å²) in [6.45, 7) is 12.1. The Bertz CT molecular complexity index is 588. The molecule has 1 saturated heterocycles. The zero-order chi connectivity index (χ0) is 14.2. The van der Waals surface area contributed by atoms with E-state index in [1.807, 2.05) is 0 Å². The van der Waals surface area contributed by atoms with Crippen molar-refractivity contribution < 1.29 is 0 Å². The average Bonchev–Trinajstić information content (AvgIpc) is 2.77. The van der Waals surface area contributed by atoms with E-state index in [4.69, 9.17) is 4.98 Å². The van der Waals surface area contributed by atoms with Gasteiger partial charge in [-0.3, -0.25) is 4.90 Å². The molecule has 1 N–H and O–H groups in total. The van der Waals surface area contributed by atoms with E-state index in [2.05, 4.69) is 59.8 Å². The van der Waals surface area contributed by atoms with Crippen LogP contribution in [0.1, 0.15) is 26.6 Å². The smallest absolute Gasteiger partial charge is 0.124 e. The van der Waals surface area contributed by atoms with Gasteiger partial charge in [-0.05, 0) is 32.9 Å². The molecule has 4 nitrogen and oxygen atoms in total. The molecule has 0 bridgehead atoms. The number of para-hydroxylation sites is 2. The molecule has 0 saturated carbocycles. The van der Waals surface area contributed by atoms with Crippen molar-refractivity contribution >= 4 is 11.0 Å². The lowest BCUT2D eigenvalue weighted by molar-refractivity contribution is 0.219. The van der Waals surface area contributed by atoms with E-state index < -0.39 is 0 Å². The Morgan fingerprint density at radius 1 is 1.15 bits per heavy atom. The highest BCUT2D eigenvalue weighted by Crippen LogP contribution is 2.25. The molecule has 1 aromatic heterocycles. The van der Waals surface area contributed by atoms with Crippen molar-refractivity contribution in [2.45, 2.75) is 32.9 Å². The van der Waals surface area contributed by atoms with Crippen LogP contribution < -0.4 is 5.32 Å². The molecule has 20 heavy (non-hydrogen) atoms. The molecule has 0 unspecified atom stereocenters. The van der Waals surface area contributed by atoms with E-state index in [0.29, 0.717) is 0 Å². The van der Waals surface area contributed by atoms with Crippen molar-refractivity contribution in [2.75, 3.05) is 26.2 Å². The molecule has 0 radical (unpaired) electrons. The molecule has 4 heteroatoms. The summed E-state index contributed by atoms with van der Waals surface area (Å²) >= 11 is 0. The van der Waals surface area contributed by atoms with Crippen LogP contribution in [0.2, 0.25) is 0 Å². The van der Waals surface area contributed by atoms with Crippen molar-refractivity contribution in [3.8, 4) is 0 Å². The molecule has 3 rings (SSSR count). The summed E-state index contributed by atoms with van der Waals surface area (Å²) < 4.78 is 2.39. The minimum absolute atomic E-state index is 0.0550. The summed E-state index contributed by atoms with van der Waals surface area (Å²) in [7, 11) is 0. The number of nitrogens with one attached hydrogen (secondary N) is 1. The number of piperazine rings is 1. The maximum absolute atomic E-state index is 4.87. The fourth-order valence-electron chi connectivity index (χ4n) is 3.00. The second-order valence-electron chi connectivity index (χ2n) is 6.55. The number of aromatic nitrogens is 2. The predicted molar refractivity (Wildman–Crippen MR) is 82.9 cm³/mol.